The predicted molar refractivity (Wildman–Crippen MR) is 63.4 cm³/mol. The first kappa shape index (κ1) is 14.0. The lowest BCUT2D eigenvalue weighted by Crippen LogP contribution is -2.29. The van der Waals surface area contributed by atoms with E-state index in [0.717, 1.165) is 0 Å². The number of carboxylic acids is 1. The number of nitrogens with one attached hydrogen (secondary N) is 1. The van der Waals surface area contributed by atoms with Crippen LogP contribution in [0.3, 0.4) is 0 Å². The molecule has 0 aliphatic heterocycles. The van der Waals surface area contributed by atoms with Crippen molar-refractivity contribution in [2.45, 2.75) is 12.5 Å². The van der Waals surface area contributed by atoms with Gasteiger partial charge in [0, 0.05) is 11.5 Å². The molecule has 1 aromatic carbocycles. The van der Waals surface area contributed by atoms with Gasteiger partial charge in [0.2, 0.25) is 0 Å². The summed E-state index contributed by atoms with van der Waals surface area (Å²) in [5.41, 5.74) is 8.43. The summed E-state index contributed by atoms with van der Waals surface area (Å²) in [6.45, 7) is 0.658. The van der Waals surface area contributed by atoms with Crippen molar-refractivity contribution in [2.75, 3.05) is 13.1 Å². The third kappa shape index (κ3) is 4.40. The zero-order valence-corrected chi connectivity index (χ0v) is 9.58. The molecule has 18 heavy (non-hydrogen) atoms. The van der Waals surface area contributed by atoms with Crippen LogP contribution in [0.4, 0.5) is 4.39 Å². The molecule has 0 bridgehead atoms. The van der Waals surface area contributed by atoms with Crippen molar-refractivity contribution in [1.82, 2.24) is 5.32 Å². The van der Waals surface area contributed by atoms with Crippen molar-refractivity contribution in [2.24, 2.45) is 5.11 Å². The summed E-state index contributed by atoms with van der Waals surface area (Å²) in [5, 5.41) is 15.2. The topological polar surface area (TPSA) is 98.1 Å². The average Bonchev–Trinajstić information content (AvgIpc) is 2.33. The first-order valence-electron chi connectivity index (χ1n) is 5.37. The van der Waals surface area contributed by atoms with E-state index in [4.69, 9.17) is 10.6 Å². The Balaban J connectivity index is 2.60. The Morgan fingerprint density at radius 1 is 1.61 bits per heavy atom. The van der Waals surface area contributed by atoms with Crippen LogP contribution in [0.5, 0.6) is 0 Å². The van der Waals surface area contributed by atoms with Crippen molar-refractivity contribution < 1.29 is 14.3 Å². The maximum Gasteiger partial charge on any atom is 0.325 e. The molecule has 0 saturated heterocycles. The zero-order chi connectivity index (χ0) is 13.4. The van der Waals surface area contributed by atoms with Gasteiger partial charge in [-0.3, -0.25) is 4.79 Å². The largest absolute Gasteiger partial charge is 0.480 e. The van der Waals surface area contributed by atoms with Gasteiger partial charge < -0.3 is 10.4 Å². The molecular weight excluding hydrogens is 239 g/mol. The number of carbonyl (C=O) groups is 1. The maximum atomic E-state index is 13.0. The molecule has 0 radical (unpaired) electrons. The van der Waals surface area contributed by atoms with E-state index in [1.54, 1.807) is 6.07 Å². The number of nitrogens with zero attached hydrogens (tertiary/aromatic N) is 3. The lowest BCUT2D eigenvalue weighted by atomic mass is 10.1. The molecule has 0 fully saturated rings. The van der Waals surface area contributed by atoms with Gasteiger partial charge in [-0.05, 0) is 36.2 Å². The Hall–Kier alpha value is -2.11. The average molecular weight is 252 g/mol. The molecule has 1 atom stereocenters. The summed E-state index contributed by atoms with van der Waals surface area (Å²) >= 11 is 0. The molecule has 0 aromatic heterocycles. The van der Waals surface area contributed by atoms with Gasteiger partial charge in [0.25, 0.3) is 0 Å². The molecule has 0 amide bonds. The van der Waals surface area contributed by atoms with Crippen molar-refractivity contribution in [3.63, 3.8) is 0 Å². The van der Waals surface area contributed by atoms with Crippen LogP contribution in [0.15, 0.2) is 29.4 Å². The molecule has 0 heterocycles. The normalized spacial score (nSPS) is 11.6. The number of carboxylic acid groups (broad SMARTS) is 1. The number of rotatable bonds is 7. The highest BCUT2D eigenvalue weighted by molar-refractivity contribution is 5.75. The van der Waals surface area contributed by atoms with Gasteiger partial charge in [0.1, 0.15) is 11.9 Å². The Morgan fingerprint density at radius 3 is 3.00 bits per heavy atom. The van der Waals surface area contributed by atoms with Crippen LogP contribution in [0.1, 0.15) is 18.0 Å². The summed E-state index contributed by atoms with van der Waals surface area (Å²) < 4.78 is 13.0. The van der Waals surface area contributed by atoms with E-state index in [2.05, 4.69) is 15.3 Å². The lowest BCUT2D eigenvalue weighted by Gasteiger charge is -2.14. The van der Waals surface area contributed by atoms with Gasteiger partial charge >= 0.3 is 5.97 Å². The summed E-state index contributed by atoms with van der Waals surface area (Å²) in [6, 6.07) is 4.47. The van der Waals surface area contributed by atoms with Gasteiger partial charge in [-0.15, -0.1) is 0 Å². The molecule has 0 aliphatic rings. The quantitative estimate of drug-likeness (QED) is 0.337. The monoisotopic (exact) mass is 252 g/mol. The minimum absolute atomic E-state index is 0.291. The highest BCUT2D eigenvalue weighted by Gasteiger charge is 2.18. The van der Waals surface area contributed by atoms with Gasteiger partial charge in [-0.2, -0.15) is 0 Å². The van der Waals surface area contributed by atoms with Crippen molar-refractivity contribution >= 4 is 5.97 Å². The number of aliphatic carboxylic acids is 1. The predicted octanol–water partition coefficient (Wildman–Crippen LogP) is 2.24. The lowest BCUT2D eigenvalue weighted by molar-refractivity contribution is -0.139. The molecule has 2 N–H and O–H groups in total. The summed E-state index contributed by atoms with van der Waals surface area (Å²) in [7, 11) is 0. The van der Waals surface area contributed by atoms with Crippen LogP contribution in [-0.2, 0) is 4.79 Å². The van der Waals surface area contributed by atoms with E-state index < -0.39 is 17.8 Å². The molecule has 96 valence electrons. The van der Waals surface area contributed by atoms with Crippen LogP contribution in [0, 0.1) is 5.82 Å². The van der Waals surface area contributed by atoms with Gasteiger partial charge in [-0.25, -0.2) is 4.39 Å². The second-order valence-corrected chi connectivity index (χ2v) is 3.59. The number of hydrogen-bond acceptors (Lipinski definition) is 3. The summed E-state index contributed by atoms with van der Waals surface area (Å²) in [4.78, 5) is 13.7. The van der Waals surface area contributed by atoms with E-state index in [0.29, 0.717) is 25.1 Å². The van der Waals surface area contributed by atoms with Crippen LogP contribution < -0.4 is 5.32 Å². The highest BCUT2D eigenvalue weighted by atomic mass is 19.1. The van der Waals surface area contributed by atoms with Crippen LogP contribution >= 0.6 is 0 Å². The number of hydrogen-bond donors (Lipinski definition) is 2. The van der Waals surface area contributed by atoms with Gasteiger partial charge in [0.15, 0.2) is 0 Å². The maximum absolute atomic E-state index is 13.0. The van der Waals surface area contributed by atoms with Crippen LogP contribution in [0.2, 0.25) is 0 Å². The second-order valence-electron chi connectivity index (χ2n) is 3.59. The molecule has 6 nitrogen and oxygen atoms in total. The van der Waals surface area contributed by atoms with Crippen LogP contribution in [0.25, 0.3) is 10.4 Å². The Morgan fingerprint density at radius 2 is 2.39 bits per heavy atom. The third-order valence-corrected chi connectivity index (χ3v) is 2.28. The van der Waals surface area contributed by atoms with Crippen molar-refractivity contribution in [1.29, 1.82) is 0 Å². The summed E-state index contributed by atoms with van der Waals surface area (Å²) in [6.07, 6.45) is 0.517. The highest BCUT2D eigenvalue weighted by Crippen LogP contribution is 2.14. The van der Waals surface area contributed by atoms with E-state index in [-0.39, 0.29) is 0 Å². The molecule has 0 spiro atoms. The first-order valence-corrected chi connectivity index (χ1v) is 5.37. The standard InChI is InChI=1S/C11H13FN4O2/c12-9-4-1-3-8(7-9)10(11(17)18)14-5-2-6-15-16-13/h1,3-4,7,10,14H,2,5-6H2,(H,17,18). The fraction of sp³-hybridized carbons (Fsp3) is 0.364. The fourth-order valence-electron chi connectivity index (χ4n) is 1.47. The molecule has 0 aliphatic carbocycles. The Labute approximate surface area is 103 Å². The minimum Gasteiger partial charge on any atom is -0.480 e. The van der Waals surface area contributed by atoms with Crippen LogP contribution in [-0.4, -0.2) is 24.2 Å². The minimum atomic E-state index is -1.08. The van der Waals surface area contributed by atoms with Gasteiger partial charge in [-0.1, -0.05) is 17.2 Å². The third-order valence-electron chi connectivity index (χ3n) is 2.28. The smallest absolute Gasteiger partial charge is 0.325 e. The van der Waals surface area contributed by atoms with E-state index in [9.17, 15) is 9.18 Å². The SMILES string of the molecule is [N-]=[N+]=NCCCNC(C(=O)O)c1cccc(F)c1. The zero-order valence-electron chi connectivity index (χ0n) is 9.58. The van der Waals surface area contributed by atoms with Crippen molar-refractivity contribution in [3.8, 4) is 0 Å². The molecular formula is C11H13FN4O2. The number of halogens is 1. The van der Waals surface area contributed by atoms with E-state index in [1.807, 2.05) is 0 Å². The first-order chi connectivity index (χ1) is 8.65. The Bertz CT molecular complexity index is 460. The fourth-order valence-corrected chi connectivity index (χ4v) is 1.47. The van der Waals surface area contributed by atoms with E-state index >= 15 is 0 Å². The van der Waals surface area contributed by atoms with Crippen molar-refractivity contribution in [3.05, 3.63) is 46.1 Å². The molecule has 7 heteroatoms. The van der Waals surface area contributed by atoms with Gasteiger partial charge in [0.05, 0.1) is 0 Å². The van der Waals surface area contributed by atoms with E-state index in [1.165, 1.54) is 18.2 Å². The molecule has 1 aromatic rings. The second kappa shape index (κ2) is 7.26. The molecule has 1 rings (SSSR count). The summed E-state index contributed by atoms with van der Waals surface area (Å²) in [5.74, 6) is -1.56. The molecule has 1 unspecified atom stereocenters. The Kier molecular flexibility index (Phi) is 5.63. The number of benzene rings is 1. The number of azide groups is 1. The molecule has 0 saturated carbocycles.